The smallest absolute Gasteiger partial charge is 0.326 e. The molecule has 0 radical (unpaired) electrons. The van der Waals surface area contributed by atoms with E-state index in [9.17, 15) is 83.1 Å². The quantitative estimate of drug-likeness (QED) is 0.0181. The first-order valence-corrected chi connectivity index (χ1v) is 48.1. The fourth-order valence-electron chi connectivity index (χ4n) is 17.6. The number of nitrogens with zero attached hydrogens (tertiary/aromatic N) is 2. The highest BCUT2D eigenvalue weighted by Gasteiger charge is 2.44. The number of aliphatic hydroxyl groups is 2. The SMILES string of the molecule is C[C@@H](O)[C@@H]1NC(=O)CNC(=O)[C@H](Cc2c[nH]cn2)NC(=O)[C@H](Cc2c[nH]c3ccccc23)NC(=O)[C@@H](CC(N)=O)NC(=O)CNC(=O)C[C@H](C(=O)N[C@H](Cc2c[nH]c3ccccc23)C(=O)N[C@H](Cc2ccccc2)C(=O)N[C@@H](Cc2ccccc2)C(=O)N[C@H](CC(N)=O)C(=O)N[C@@H](Cc2ccc(O)cc2)C(=O)N[C@@H](Cc2ccc(O)cc2)C(=O)N[C@H](Cc2c[nH]c3ccccc23)C(=O)O)NC(=O)[C@H]2CCCN2C(=O)[C@@H](CO)NC1=O. The summed E-state index contributed by atoms with van der Waals surface area (Å²) >= 11 is 0. The van der Waals surface area contributed by atoms with E-state index in [0.29, 0.717) is 71.7 Å². The van der Waals surface area contributed by atoms with Crippen LogP contribution in [0, 0.1) is 0 Å². The van der Waals surface area contributed by atoms with Gasteiger partial charge in [-0.1, -0.05) is 140 Å². The van der Waals surface area contributed by atoms with Crippen molar-refractivity contribution in [2.24, 2.45) is 11.5 Å². The van der Waals surface area contributed by atoms with Crippen LogP contribution in [0.15, 0.2) is 213 Å². The number of carbonyl (C=O) groups excluding carboxylic acids is 18. The van der Waals surface area contributed by atoms with Crippen molar-refractivity contribution < 1.29 is 117 Å². The van der Waals surface area contributed by atoms with Crippen LogP contribution in [-0.4, -0.2) is 285 Å². The number of H-pyrrole nitrogens is 4. The summed E-state index contributed by atoms with van der Waals surface area (Å²) in [5.41, 5.74) is 16.2. The second-order valence-corrected chi connectivity index (χ2v) is 36.4. The van der Waals surface area contributed by atoms with Crippen LogP contribution in [0.2, 0.25) is 0 Å². The highest BCUT2D eigenvalue weighted by molar-refractivity contribution is 6.04. The molecule has 18 amide bonds. The Kier molecular flexibility index (Phi) is 37.5. The molecule has 4 aromatic heterocycles. The van der Waals surface area contributed by atoms with Gasteiger partial charge in [-0.15, -0.1) is 0 Å². The predicted octanol–water partition coefficient (Wildman–Crippen LogP) is -3.36. The van der Waals surface area contributed by atoms with Gasteiger partial charge in [0.2, 0.25) is 106 Å². The predicted molar refractivity (Wildman–Crippen MR) is 537 cm³/mol. The van der Waals surface area contributed by atoms with E-state index in [-0.39, 0.29) is 62.3 Å². The number of carboxylic acids is 1. The van der Waals surface area contributed by atoms with E-state index in [0.717, 1.165) is 11.8 Å². The van der Waals surface area contributed by atoms with Gasteiger partial charge in [-0.2, -0.15) is 0 Å². The molecule has 13 rings (SSSR count). The topological polar surface area (TPSA) is 737 Å². The molecular weight excluding hydrogens is 1940 g/mol. The molecule has 6 heterocycles. The summed E-state index contributed by atoms with van der Waals surface area (Å²) in [5, 5.41) is 92.1. The number of carbonyl (C=O) groups is 19. The number of phenolic OH excluding ortho intramolecular Hbond substituents is 2. The second-order valence-electron chi connectivity index (χ2n) is 36.4. The summed E-state index contributed by atoms with van der Waals surface area (Å²) in [4.78, 5) is 295. The number of imidazole rings is 1. The average Bonchev–Trinajstić information content (AvgIpc) is 1.69. The zero-order valence-electron chi connectivity index (χ0n) is 80.9. The lowest BCUT2D eigenvalue weighted by Crippen LogP contribution is -2.62. The summed E-state index contributed by atoms with van der Waals surface area (Å²) in [7, 11) is 0. The van der Waals surface area contributed by atoms with E-state index in [2.05, 4.69) is 105 Å². The molecule has 47 nitrogen and oxygen atoms in total. The van der Waals surface area contributed by atoms with Crippen LogP contribution in [0.1, 0.15) is 83.7 Å². The first-order valence-electron chi connectivity index (χ1n) is 48.1. The number of primary amides is 2. The molecule has 786 valence electrons. The van der Waals surface area contributed by atoms with Crippen molar-refractivity contribution in [3.8, 4) is 11.5 Å². The van der Waals surface area contributed by atoms with Crippen LogP contribution in [-0.2, 0) is 142 Å². The summed E-state index contributed by atoms with van der Waals surface area (Å²) < 4.78 is 0. The third kappa shape index (κ3) is 30.3. The number of aromatic nitrogens is 5. The van der Waals surface area contributed by atoms with E-state index >= 15 is 33.6 Å². The van der Waals surface area contributed by atoms with Crippen LogP contribution in [0.4, 0.5) is 0 Å². The Bertz CT molecular complexity index is 6760. The van der Waals surface area contributed by atoms with Gasteiger partial charge in [-0.25, -0.2) is 9.78 Å². The monoisotopic (exact) mass is 2060 g/mol. The number of amides is 18. The number of hydrogen-bond acceptors (Lipinski definition) is 24. The van der Waals surface area contributed by atoms with Crippen molar-refractivity contribution in [2.45, 2.75) is 181 Å². The summed E-state index contributed by atoms with van der Waals surface area (Å²) in [5.74, 6) is -22.7. The Morgan fingerprint density at radius 3 is 1.31 bits per heavy atom. The van der Waals surface area contributed by atoms with Gasteiger partial charge < -0.3 is 142 Å². The molecule has 11 aromatic rings. The maximum atomic E-state index is 15.9. The molecule has 47 heteroatoms. The summed E-state index contributed by atoms with van der Waals surface area (Å²) in [6.07, 6.45) is -0.696. The largest absolute Gasteiger partial charge is 0.508 e. The minimum absolute atomic E-state index is 0.0427. The van der Waals surface area contributed by atoms with Gasteiger partial charge in [-0.05, 0) is 101 Å². The number of hydrogen-bond donors (Lipinski definition) is 26. The van der Waals surface area contributed by atoms with Crippen molar-refractivity contribution in [1.82, 2.24) is 110 Å². The number of aliphatic carboxylic acids is 1. The van der Waals surface area contributed by atoms with Gasteiger partial charge >= 0.3 is 5.97 Å². The highest BCUT2D eigenvalue weighted by atomic mass is 16.4. The molecule has 150 heavy (non-hydrogen) atoms. The molecule has 2 saturated heterocycles. The van der Waals surface area contributed by atoms with Crippen LogP contribution in [0.5, 0.6) is 11.5 Å². The Labute approximate surface area is 855 Å². The van der Waals surface area contributed by atoms with Gasteiger partial charge in [-0.3, -0.25) is 86.3 Å². The third-order valence-electron chi connectivity index (χ3n) is 25.3. The van der Waals surface area contributed by atoms with E-state index < -0.39 is 268 Å². The molecule has 0 saturated carbocycles. The lowest BCUT2D eigenvalue weighted by Gasteiger charge is -2.30. The van der Waals surface area contributed by atoms with E-state index in [1.807, 2.05) is 0 Å². The molecule has 2 fully saturated rings. The maximum absolute atomic E-state index is 15.9. The molecule has 0 unspecified atom stereocenters. The van der Waals surface area contributed by atoms with E-state index in [1.165, 1.54) is 73.4 Å². The highest BCUT2D eigenvalue weighted by Crippen LogP contribution is 2.27. The lowest BCUT2D eigenvalue weighted by atomic mass is 10.00. The number of nitrogens with two attached hydrogens (primary N) is 2. The molecule has 28 N–H and O–H groups in total. The number of phenols is 2. The number of fused-ring (bicyclic) bond motifs is 4. The zero-order chi connectivity index (χ0) is 107. The Morgan fingerprint density at radius 2 is 0.840 bits per heavy atom. The molecule has 2 aliphatic rings. The molecule has 2 aliphatic heterocycles. The minimum Gasteiger partial charge on any atom is -0.508 e. The third-order valence-corrected chi connectivity index (χ3v) is 25.3. The number of para-hydroxylation sites is 3. The van der Waals surface area contributed by atoms with Crippen molar-refractivity contribution >= 4 is 145 Å². The van der Waals surface area contributed by atoms with Gasteiger partial charge in [0.25, 0.3) is 0 Å². The number of benzene rings is 7. The normalized spacial score (nSPS) is 19.0. The number of carboxylic acid groups (broad SMARTS) is 1. The Morgan fingerprint density at radius 1 is 0.420 bits per heavy atom. The number of nitrogens with one attached hydrogen (secondary N) is 19. The van der Waals surface area contributed by atoms with Crippen molar-refractivity contribution in [3.63, 3.8) is 0 Å². The molecule has 0 aliphatic carbocycles. The minimum atomic E-state index is -2.16. The average molecular weight is 2060 g/mol. The maximum Gasteiger partial charge on any atom is 0.326 e. The van der Waals surface area contributed by atoms with Crippen molar-refractivity contribution in [3.05, 3.63) is 258 Å². The standard InChI is InChI=1S/C103H115N23O24/c1-54(128)89-101(147)124-82(52-127)102(148)126-34-14-25-83(126)100(146)122-80(45-86(133)110-50-87(134)113-78(43-84(104)131)97(143)118-76(40-60-47-108-69-23-12-9-20-66(60)69)96(142)120-77(42-62-49-106-53-112-62)90(136)111-51-88(135)125-89)99(145)119-75(39-59-46-107-68-22-11-8-19-65(59)68)95(141)116-71(35-55-15-4-2-5-16-55)91(137)114-72(36-56-17-6-3-7-18-56)93(139)121-79(44-85(105)132)98(144)117-73(37-57-26-30-63(129)31-27-57)92(138)115-74(38-58-28-32-64(130)33-29-58)94(140)123-81(103(149)150)41-61-48-109-70-24-13-10-21-67(61)70/h2-13,15-24,26-33,46-49,53-54,71-83,89,107-109,127-130H,14,25,34-45,50-52H2,1H3,(H2,104,131)(H2,105,132)(H,106,112)(H,110,133)(H,111,136)(H,113,134)(H,114,137)(H,115,138)(H,116,141)(H,117,144)(H,118,143)(H,119,145)(H,120,142)(H,121,139)(H,122,146)(H,123,140)(H,124,147)(H,125,135)(H,149,150)/t54-,71-,72+,73+,74+,75-,76+,77+,78-,79-,80-,81-,82-,83-,89+/m1/s1. The van der Waals surface area contributed by atoms with Gasteiger partial charge in [0.1, 0.15) is 96.1 Å². The van der Waals surface area contributed by atoms with Crippen LogP contribution in [0.25, 0.3) is 32.7 Å². The zero-order valence-corrected chi connectivity index (χ0v) is 80.9. The Balaban J connectivity index is 0.788. The van der Waals surface area contributed by atoms with Gasteiger partial charge in [0.15, 0.2) is 0 Å². The molecule has 7 aromatic carbocycles. The number of aliphatic hydroxyl groups excluding tert-OH is 2. The first-order chi connectivity index (χ1) is 72.0. The number of rotatable bonds is 37. The van der Waals surface area contributed by atoms with Crippen LogP contribution in [0.3, 0.4) is 0 Å². The van der Waals surface area contributed by atoms with Crippen molar-refractivity contribution in [1.29, 1.82) is 0 Å². The second kappa shape index (κ2) is 51.5. The molecule has 0 spiro atoms. The number of aromatic hydroxyl groups is 2. The lowest BCUT2D eigenvalue weighted by molar-refractivity contribution is -0.144. The summed E-state index contributed by atoms with van der Waals surface area (Å²) in [6.45, 7) is -2.37. The van der Waals surface area contributed by atoms with Crippen LogP contribution >= 0.6 is 0 Å². The van der Waals surface area contributed by atoms with Gasteiger partial charge in [0.05, 0.1) is 57.1 Å². The van der Waals surface area contributed by atoms with Crippen molar-refractivity contribution in [2.75, 3.05) is 26.2 Å². The first kappa shape index (κ1) is 109. The molecule has 15 atom stereocenters. The van der Waals surface area contributed by atoms with Gasteiger partial charge in [0, 0.05) is 115 Å². The fraction of sp³-hybridized carbons (Fsp3) is 0.320. The summed E-state index contributed by atoms with van der Waals surface area (Å²) in [6, 6.07) is 22.2. The van der Waals surface area contributed by atoms with Crippen LogP contribution < -0.4 is 91.2 Å². The fourth-order valence-corrected chi connectivity index (χ4v) is 17.6. The molecular formula is C103H115N23O24. The van der Waals surface area contributed by atoms with E-state index in [1.54, 1.807) is 140 Å². The van der Waals surface area contributed by atoms with E-state index in [4.69, 9.17) is 11.5 Å². The Hall–Kier alpha value is -18.2. The number of aromatic amines is 4. The molecule has 0 bridgehead atoms.